The number of sulfonamides is 1. The molecule has 0 aliphatic heterocycles. The van der Waals surface area contributed by atoms with Crippen LogP contribution in [-0.2, 0) is 16.6 Å². The molecule has 1 aromatic rings. The number of hydrogen-bond acceptors (Lipinski definition) is 3. The van der Waals surface area contributed by atoms with Crippen molar-refractivity contribution < 1.29 is 8.42 Å². The Balaban J connectivity index is 2.08. The maximum absolute atomic E-state index is 12.4. The third kappa shape index (κ3) is 4.04. The van der Waals surface area contributed by atoms with Crippen LogP contribution in [0, 0.1) is 12.8 Å². The fourth-order valence-electron chi connectivity index (χ4n) is 2.19. The van der Waals surface area contributed by atoms with Crippen LogP contribution in [0.25, 0.3) is 0 Å². The minimum atomic E-state index is -3.46. The van der Waals surface area contributed by atoms with Gasteiger partial charge in [0.05, 0.1) is 4.90 Å². The van der Waals surface area contributed by atoms with E-state index in [1.54, 1.807) is 13.0 Å². The molecule has 6 heteroatoms. The van der Waals surface area contributed by atoms with E-state index in [2.05, 4.69) is 20.7 Å². The Bertz CT molecular complexity index is 583. The van der Waals surface area contributed by atoms with E-state index in [0.29, 0.717) is 18.0 Å². The molecular weight excluding hydrogens is 340 g/mol. The zero-order valence-electron chi connectivity index (χ0n) is 11.7. The Hall–Kier alpha value is -0.430. The molecule has 0 unspecified atom stereocenters. The van der Waals surface area contributed by atoms with Crippen LogP contribution in [0.3, 0.4) is 0 Å². The van der Waals surface area contributed by atoms with E-state index >= 15 is 0 Å². The standard InChI is InChI=1S/C14H21BrN2O2S/c1-10-13(15)7-12(9-16)8-14(10)20(18,19)17-6-2-3-11-4-5-11/h7-8,11,17H,2-6,9,16H2,1H3. The normalized spacial score (nSPS) is 15.6. The van der Waals surface area contributed by atoms with Gasteiger partial charge in [0.15, 0.2) is 0 Å². The topological polar surface area (TPSA) is 72.2 Å². The smallest absolute Gasteiger partial charge is 0.240 e. The molecule has 0 spiro atoms. The number of rotatable bonds is 7. The van der Waals surface area contributed by atoms with E-state index in [-0.39, 0.29) is 0 Å². The van der Waals surface area contributed by atoms with Gasteiger partial charge in [0.25, 0.3) is 0 Å². The van der Waals surface area contributed by atoms with Crippen LogP contribution >= 0.6 is 15.9 Å². The van der Waals surface area contributed by atoms with Crippen LogP contribution < -0.4 is 10.5 Å². The maximum Gasteiger partial charge on any atom is 0.240 e. The van der Waals surface area contributed by atoms with Crippen molar-refractivity contribution in [3.63, 3.8) is 0 Å². The molecule has 0 radical (unpaired) electrons. The molecule has 0 atom stereocenters. The SMILES string of the molecule is Cc1c(Br)cc(CN)cc1S(=O)(=O)NCCCC1CC1. The molecule has 0 saturated heterocycles. The summed E-state index contributed by atoms with van der Waals surface area (Å²) >= 11 is 3.39. The Kier molecular flexibility index (Phi) is 5.23. The summed E-state index contributed by atoms with van der Waals surface area (Å²) in [4.78, 5) is 0.318. The Morgan fingerprint density at radius 1 is 1.40 bits per heavy atom. The first-order valence-corrected chi connectivity index (χ1v) is 9.20. The largest absolute Gasteiger partial charge is 0.326 e. The van der Waals surface area contributed by atoms with Crippen LogP contribution in [0.1, 0.15) is 36.8 Å². The molecule has 1 saturated carbocycles. The van der Waals surface area contributed by atoms with Gasteiger partial charge in [-0.05, 0) is 48.9 Å². The summed E-state index contributed by atoms with van der Waals surface area (Å²) in [5, 5.41) is 0. The molecule has 1 aromatic carbocycles. The highest BCUT2D eigenvalue weighted by atomic mass is 79.9. The molecule has 1 aliphatic rings. The van der Waals surface area contributed by atoms with Gasteiger partial charge in [-0.1, -0.05) is 28.8 Å². The molecule has 20 heavy (non-hydrogen) atoms. The Morgan fingerprint density at radius 2 is 2.10 bits per heavy atom. The zero-order valence-corrected chi connectivity index (χ0v) is 14.1. The number of halogens is 1. The first kappa shape index (κ1) is 15.9. The number of benzene rings is 1. The summed E-state index contributed by atoms with van der Waals surface area (Å²) in [5.41, 5.74) is 7.13. The van der Waals surface area contributed by atoms with E-state index in [0.717, 1.165) is 34.4 Å². The second-order valence-electron chi connectivity index (χ2n) is 5.39. The number of hydrogen-bond donors (Lipinski definition) is 2. The lowest BCUT2D eigenvalue weighted by Gasteiger charge is -2.12. The van der Waals surface area contributed by atoms with Gasteiger partial charge >= 0.3 is 0 Å². The molecular formula is C14H21BrN2O2S. The summed E-state index contributed by atoms with van der Waals surface area (Å²) < 4.78 is 28.2. The van der Waals surface area contributed by atoms with Crippen molar-refractivity contribution in [2.24, 2.45) is 11.7 Å². The second-order valence-corrected chi connectivity index (χ2v) is 7.98. The van der Waals surface area contributed by atoms with Crippen molar-refractivity contribution in [3.05, 3.63) is 27.7 Å². The van der Waals surface area contributed by atoms with Gasteiger partial charge < -0.3 is 5.73 Å². The van der Waals surface area contributed by atoms with Crippen LogP contribution in [0.4, 0.5) is 0 Å². The lowest BCUT2D eigenvalue weighted by atomic mass is 10.1. The summed E-state index contributed by atoms with van der Waals surface area (Å²) in [5.74, 6) is 0.830. The minimum Gasteiger partial charge on any atom is -0.326 e. The van der Waals surface area contributed by atoms with Crippen LogP contribution in [-0.4, -0.2) is 15.0 Å². The van der Waals surface area contributed by atoms with Crippen LogP contribution in [0.15, 0.2) is 21.5 Å². The van der Waals surface area contributed by atoms with Gasteiger partial charge in [0, 0.05) is 17.6 Å². The van der Waals surface area contributed by atoms with E-state index in [9.17, 15) is 8.42 Å². The monoisotopic (exact) mass is 360 g/mol. The minimum absolute atomic E-state index is 0.318. The van der Waals surface area contributed by atoms with Crippen molar-refractivity contribution in [2.45, 2.75) is 44.0 Å². The lowest BCUT2D eigenvalue weighted by Crippen LogP contribution is -2.26. The van der Waals surface area contributed by atoms with E-state index in [1.807, 2.05) is 6.07 Å². The van der Waals surface area contributed by atoms with Gasteiger partial charge in [-0.3, -0.25) is 0 Å². The van der Waals surface area contributed by atoms with Gasteiger partial charge in [-0.25, -0.2) is 13.1 Å². The van der Waals surface area contributed by atoms with Gasteiger partial charge in [0.1, 0.15) is 0 Å². The molecule has 3 N–H and O–H groups in total. The first-order chi connectivity index (χ1) is 9.44. The third-order valence-corrected chi connectivity index (χ3v) is 6.07. The maximum atomic E-state index is 12.4. The summed E-state index contributed by atoms with van der Waals surface area (Å²) in [6.07, 6.45) is 4.63. The van der Waals surface area contributed by atoms with Crippen LogP contribution in [0.2, 0.25) is 0 Å². The molecule has 2 rings (SSSR count). The fourth-order valence-corrected chi connectivity index (χ4v) is 4.21. The molecule has 0 aromatic heterocycles. The fraction of sp³-hybridized carbons (Fsp3) is 0.571. The lowest BCUT2D eigenvalue weighted by molar-refractivity contribution is 0.572. The first-order valence-electron chi connectivity index (χ1n) is 6.93. The van der Waals surface area contributed by atoms with Crippen molar-refractivity contribution in [3.8, 4) is 0 Å². The molecule has 1 fully saturated rings. The van der Waals surface area contributed by atoms with Crippen LogP contribution in [0.5, 0.6) is 0 Å². The summed E-state index contributed by atoms with van der Waals surface area (Å²) in [7, 11) is -3.46. The van der Waals surface area contributed by atoms with E-state index in [1.165, 1.54) is 12.8 Å². The zero-order chi connectivity index (χ0) is 14.8. The predicted molar refractivity (Wildman–Crippen MR) is 83.9 cm³/mol. The average Bonchev–Trinajstić information content (AvgIpc) is 3.21. The van der Waals surface area contributed by atoms with Crippen molar-refractivity contribution >= 4 is 26.0 Å². The molecule has 0 bridgehead atoms. The highest BCUT2D eigenvalue weighted by Crippen LogP contribution is 2.33. The van der Waals surface area contributed by atoms with Gasteiger partial charge in [0.2, 0.25) is 10.0 Å². The second kappa shape index (κ2) is 6.56. The predicted octanol–water partition coefficient (Wildman–Crippen LogP) is 2.68. The number of nitrogens with one attached hydrogen (secondary N) is 1. The van der Waals surface area contributed by atoms with Crippen molar-refractivity contribution in [2.75, 3.05) is 6.54 Å². The third-order valence-electron chi connectivity index (χ3n) is 3.66. The highest BCUT2D eigenvalue weighted by Gasteiger charge is 2.22. The van der Waals surface area contributed by atoms with Crippen molar-refractivity contribution in [1.29, 1.82) is 0 Å². The van der Waals surface area contributed by atoms with Crippen molar-refractivity contribution in [1.82, 2.24) is 4.72 Å². The number of nitrogens with two attached hydrogens (primary N) is 1. The van der Waals surface area contributed by atoms with E-state index < -0.39 is 10.0 Å². The van der Waals surface area contributed by atoms with Gasteiger partial charge in [-0.15, -0.1) is 0 Å². The van der Waals surface area contributed by atoms with Gasteiger partial charge in [-0.2, -0.15) is 0 Å². The molecule has 112 valence electrons. The highest BCUT2D eigenvalue weighted by molar-refractivity contribution is 9.10. The molecule has 4 nitrogen and oxygen atoms in total. The van der Waals surface area contributed by atoms with E-state index in [4.69, 9.17) is 5.73 Å². The molecule has 0 heterocycles. The summed E-state index contributed by atoms with van der Waals surface area (Å²) in [6, 6.07) is 3.52. The Labute approximate surface area is 129 Å². The quantitative estimate of drug-likeness (QED) is 0.734. The average molecular weight is 361 g/mol. The summed E-state index contributed by atoms with van der Waals surface area (Å²) in [6.45, 7) is 2.62. The Morgan fingerprint density at radius 3 is 2.70 bits per heavy atom. The molecule has 1 aliphatic carbocycles. The molecule has 0 amide bonds.